The van der Waals surface area contributed by atoms with Crippen molar-refractivity contribution in [2.45, 2.75) is 6.04 Å². The lowest BCUT2D eigenvalue weighted by molar-refractivity contribution is 0.313. The summed E-state index contributed by atoms with van der Waals surface area (Å²) in [5.74, 6) is 1.42. The first kappa shape index (κ1) is 10.2. The molecule has 0 spiro atoms. The molecule has 0 aliphatic carbocycles. The Morgan fingerprint density at radius 2 is 2.18 bits per heavy atom. The van der Waals surface area contributed by atoms with E-state index < -0.39 is 0 Å². The number of nitrogens with one attached hydrogen (secondary N) is 2. The van der Waals surface area contributed by atoms with Crippen molar-refractivity contribution >= 4 is 5.95 Å². The van der Waals surface area contributed by atoms with Gasteiger partial charge in [0.25, 0.3) is 0 Å². The quantitative estimate of drug-likeness (QED) is 0.727. The number of nitrogens with zero attached hydrogens (tertiary/aromatic N) is 6. The molecule has 0 bridgehead atoms. The summed E-state index contributed by atoms with van der Waals surface area (Å²) in [6.45, 7) is 1.90. The molecule has 1 aliphatic rings. The standard InChI is InChI=1S/C9H14N8/c1-10-9-14-13-8(16(9)2)7-5-17(15-12-7)6-3-11-4-6/h5-6,11H,3-4H2,1-2H3,(H,10,14). The van der Waals surface area contributed by atoms with Crippen LogP contribution in [0.3, 0.4) is 0 Å². The minimum absolute atomic E-state index is 0.410. The van der Waals surface area contributed by atoms with Gasteiger partial charge in [0.15, 0.2) is 11.5 Å². The molecule has 0 aromatic carbocycles. The van der Waals surface area contributed by atoms with Gasteiger partial charge in [-0.25, -0.2) is 4.68 Å². The molecular weight excluding hydrogens is 220 g/mol. The van der Waals surface area contributed by atoms with Gasteiger partial charge in [0.1, 0.15) is 0 Å². The van der Waals surface area contributed by atoms with Crippen LogP contribution in [0.25, 0.3) is 11.5 Å². The van der Waals surface area contributed by atoms with Gasteiger partial charge < -0.3 is 10.6 Å². The van der Waals surface area contributed by atoms with Gasteiger partial charge in [0.2, 0.25) is 5.95 Å². The van der Waals surface area contributed by atoms with Gasteiger partial charge in [-0.1, -0.05) is 5.21 Å². The second-order valence-corrected chi connectivity index (χ2v) is 4.05. The Labute approximate surface area is 98.0 Å². The van der Waals surface area contributed by atoms with Crippen molar-refractivity contribution in [2.24, 2.45) is 7.05 Å². The monoisotopic (exact) mass is 234 g/mol. The molecule has 1 saturated heterocycles. The van der Waals surface area contributed by atoms with Crippen LogP contribution in [0.4, 0.5) is 5.95 Å². The average Bonchev–Trinajstić information content (AvgIpc) is 2.82. The van der Waals surface area contributed by atoms with Crippen LogP contribution in [0, 0.1) is 0 Å². The predicted octanol–water partition coefficient (Wildman–Crippen LogP) is -0.740. The fourth-order valence-electron chi connectivity index (χ4n) is 1.79. The smallest absolute Gasteiger partial charge is 0.224 e. The Balaban J connectivity index is 1.92. The maximum absolute atomic E-state index is 4.13. The van der Waals surface area contributed by atoms with Gasteiger partial charge in [-0.05, 0) is 0 Å². The van der Waals surface area contributed by atoms with Crippen molar-refractivity contribution in [3.05, 3.63) is 6.20 Å². The van der Waals surface area contributed by atoms with Crippen molar-refractivity contribution in [3.63, 3.8) is 0 Å². The van der Waals surface area contributed by atoms with Crippen LogP contribution < -0.4 is 10.6 Å². The Bertz CT molecular complexity index is 523. The van der Waals surface area contributed by atoms with Crippen molar-refractivity contribution in [1.82, 2.24) is 35.1 Å². The Kier molecular flexibility index (Phi) is 2.29. The summed E-state index contributed by atoms with van der Waals surface area (Å²) < 4.78 is 3.73. The fraction of sp³-hybridized carbons (Fsp3) is 0.556. The summed E-state index contributed by atoms with van der Waals surface area (Å²) in [4.78, 5) is 0. The van der Waals surface area contributed by atoms with Crippen molar-refractivity contribution in [2.75, 3.05) is 25.5 Å². The zero-order valence-electron chi connectivity index (χ0n) is 9.75. The second-order valence-electron chi connectivity index (χ2n) is 4.05. The number of hydrogen-bond acceptors (Lipinski definition) is 6. The molecule has 0 radical (unpaired) electrons. The minimum atomic E-state index is 0.410. The second kappa shape index (κ2) is 3.81. The van der Waals surface area contributed by atoms with E-state index in [9.17, 15) is 0 Å². The molecule has 0 unspecified atom stereocenters. The lowest BCUT2D eigenvalue weighted by Crippen LogP contribution is -2.43. The highest BCUT2D eigenvalue weighted by Gasteiger charge is 2.21. The van der Waals surface area contributed by atoms with E-state index in [-0.39, 0.29) is 0 Å². The lowest BCUT2D eigenvalue weighted by atomic mass is 10.2. The third kappa shape index (κ3) is 1.57. The predicted molar refractivity (Wildman–Crippen MR) is 61.5 cm³/mol. The van der Waals surface area contributed by atoms with Crippen molar-refractivity contribution in [3.8, 4) is 11.5 Å². The summed E-state index contributed by atoms with van der Waals surface area (Å²) in [7, 11) is 3.70. The highest BCUT2D eigenvalue weighted by Crippen LogP contribution is 2.18. The van der Waals surface area contributed by atoms with E-state index in [4.69, 9.17) is 0 Å². The van der Waals surface area contributed by atoms with Crippen LogP contribution in [-0.2, 0) is 7.05 Å². The van der Waals surface area contributed by atoms with Gasteiger partial charge in [0.05, 0.1) is 12.2 Å². The molecule has 17 heavy (non-hydrogen) atoms. The lowest BCUT2D eigenvalue weighted by Gasteiger charge is -2.26. The molecule has 3 heterocycles. The van der Waals surface area contributed by atoms with E-state index in [1.807, 2.05) is 29.5 Å². The molecule has 2 aromatic heterocycles. The first-order chi connectivity index (χ1) is 8.29. The zero-order valence-corrected chi connectivity index (χ0v) is 9.75. The fourth-order valence-corrected chi connectivity index (χ4v) is 1.79. The first-order valence-corrected chi connectivity index (χ1v) is 5.49. The molecule has 0 atom stereocenters. The number of anilines is 1. The maximum atomic E-state index is 4.13. The summed E-state index contributed by atoms with van der Waals surface area (Å²) in [5, 5.41) is 22.5. The molecule has 3 rings (SSSR count). The molecule has 1 aliphatic heterocycles. The maximum Gasteiger partial charge on any atom is 0.224 e. The summed E-state index contributed by atoms with van der Waals surface area (Å²) in [5.41, 5.74) is 0.744. The molecular formula is C9H14N8. The van der Waals surface area contributed by atoms with E-state index in [0.717, 1.165) is 18.8 Å². The molecule has 0 saturated carbocycles. The van der Waals surface area contributed by atoms with E-state index >= 15 is 0 Å². The summed E-state index contributed by atoms with van der Waals surface area (Å²) >= 11 is 0. The van der Waals surface area contributed by atoms with Crippen LogP contribution in [0.1, 0.15) is 6.04 Å². The first-order valence-electron chi connectivity index (χ1n) is 5.49. The molecule has 90 valence electrons. The van der Waals surface area contributed by atoms with Crippen LogP contribution in [-0.4, -0.2) is 49.9 Å². The van der Waals surface area contributed by atoms with Gasteiger partial charge in [0, 0.05) is 27.2 Å². The van der Waals surface area contributed by atoms with E-state index in [0.29, 0.717) is 17.8 Å². The van der Waals surface area contributed by atoms with Gasteiger partial charge in [-0.15, -0.1) is 15.3 Å². The molecule has 1 fully saturated rings. The van der Waals surface area contributed by atoms with E-state index in [1.54, 1.807) is 0 Å². The van der Waals surface area contributed by atoms with Crippen LogP contribution in [0.2, 0.25) is 0 Å². The SMILES string of the molecule is CNc1nnc(-c2cn(C3CNC3)nn2)n1C. The molecule has 2 N–H and O–H groups in total. The number of rotatable bonds is 3. The summed E-state index contributed by atoms with van der Waals surface area (Å²) in [6, 6.07) is 0.410. The Hall–Kier alpha value is -1.96. The highest BCUT2D eigenvalue weighted by molar-refractivity contribution is 5.50. The van der Waals surface area contributed by atoms with E-state index in [1.165, 1.54) is 0 Å². The molecule has 8 heteroatoms. The Morgan fingerprint density at radius 1 is 1.35 bits per heavy atom. The van der Waals surface area contributed by atoms with Crippen LogP contribution >= 0.6 is 0 Å². The molecule has 2 aromatic rings. The van der Waals surface area contributed by atoms with Gasteiger partial charge >= 0.3 is 0 Å². The topological polar surface area (TPSA) is 85.5 Å². The Morgan fingerprint density at radius 3 is 2.76 bits per heavy atom. The van der Waals surface area contributed by atoms with Crippen LogP contribution in [0.5, 0.6) is 0 Å². The van der Waals surface area contributed by atoms with E-state index in [2.05, 4.69) is 31.1 Å². The number of aromatic nitrogens is 6. The molecule has 8 nitrogen and oxygen atoms in total. The van der Waals surface area contributed by atoms with Gasteiger partial charge in [-0.3, -0.25) is 4.57 Å². The summed E-state index contributed by atoms with van der Waals surface area (Å²) in [6.07, 6.45) is 1.91. The van der Waals surface area contributed by atoms with Crippen molar-refractivity contribution in [1.29, 1.82) is 0 Å². The van der Waals surface area contributed by atoms with Gasteiger partial charge in [-0.2, -0.15) is 0 Å². The largest absolute Gasteiger partial charge is 0.357 e. The third-order valence-electron chi connectivity index (χ3n) is 2.97. The highest BCUT2D eigenvalue weighted by atomic mass is 15.5. The third-order valence-corrected chi connectivity index (χ3v) is 2.97. The normalized spacial score (nSPS) is 15.9. The van der Waals surface area contributed by atoms with Crippen LogP contribution in [0.15, 0.2) is 6.20 Å². The zero-order chi connectivity index (χ0) is 11.8. The van der Waals surface area contributed by atoms with Crippen molar-refractivity contribution < 1.29 is 0 Å². The minimum Gasteiger partial charge on any atom is -0.357 e. The number of hydrogen-bond donors (Lipinski definition) is 2. The molecule has 0 amide bonds. The average molecular weight is 234 g/mol.